The van der Waals surface area contributed by atoms with Gasteiger partial charge in [0.15, 0.2) is 0 Å². The molecular formula is C14H15NO. The van der Waals surface area contributed by atoms with E-state index in [0.29, 0.717) is 6.42 Å². The van der Waals surface area contributed by atoms with Crippen LogP contribution in [0, 0.1) is 6.92 Å². The molecule has 1 aromatic heterocycles. The molecule has 0 radical (unpaired) electrons. The number of nitrogens with zero attached hydrogens (tertiary/aromatic N) is 1. The topological polar surface area (TPSA) is 33.1 Å². The minimum Gasteiger partial charge on any atom is -0.386 e. The van der Waals surface area contributed by atoms with E-state index >= 15 is 0 Å². The molecule has 1 N–H and O–H groups in total. The number of aliphatic hydroxyl groups excluding tert-OH is 1. The summed E-state index contributed by atoms with van der Waals surface area (Å²) in [6.45, 7) is 2.05. The SMILES string of the molecule is Cc1cccc(CC(O)c2ccccn2)c1. The van der Waals surface area contributed by atoms with Gasteiger partial charge in [-0.1, -0.05) is 35.9 Å². The van der Waals surface area contributed by atoms with Crippen LogP contribution in [0.5, 0.6) is 0 Å². The van der Waals surface area contributed by atoms with Crippen molar-refractivity contribution in [2.45, 2.75) is 19.4 Å². The van der Waals surface area contributed by atoms with Gasteiger partial charge < -0.3 is 5.11 Å². The number of aryl methyl sites for hydroxylation is 1. The number of benzene rings is 1. The predicted octanol–water partition coefficient (Wildman–Crippen LogP) is 2.67. The van der Waals surface area contributed by atoms with Crippen LogP contribution in [0.2, 0.25) is 0 Å². The molecule has 2 heteroatoms. The second-order valence-electron chi connectivity index (χ2n) is 3.96. The first-order chi connectivity index (χ1) is 7.75. The van der Waals surface area contributed by atoms with Gasteiger partial charge in [0.25, 0.3) is 0 Å². The van der Waals surface area contributed by atoms with Crippen molar-refractivity contribution in [3.05, 3.63) is 65.5 Å². The third kappa shape index (κ3) is 2.67. The van der Waals surface area contributed by atoms with Crippen LogP contribution in [0.15, 0.2) is 48.7 Å². The second kappa shape index (κ2) is 4.90. The van der Waals surface area contributed by atoms with Crippen LogP contribution in [0.25, 0.3) is 0 Å². The summed E-state index contributed by atoms with van der Waals surface area (Å²) in [4.78, 5) is 4.15. The van der Waals surface area contributed by atoms with E-state index in [2.05, 4.69) is 24.0 Å². The zero-order valence-corrected chi connectivity index (χ0v) is 9.30. The summed E-state index contributed by atoms with van der Waals surface area (Å²) in [5, 5.41) is 10.0. The van der Waals surface area contributed by atoms with Gasteiger partial charge in [0.05, 0.1) is 11.8 Å². The van der Waals surface area contributed by atoms with Gasteiger partial charge in [-0.25, -0.2) is 0 Å². The smallest absolute Gasteiger partial charge is 0.0999 e. The lowest BCUT2D eigenvalue weighted by molar-refractivity contribution is 0.173. The molecule has 1 aromatic carbocycles. The van der Waals surface area contributed by atoms with E-state index in [1.807, 2.05) is 30.3 Å². The van der Waals surface area contributed by atoms with Crippen molar-refractivity contribution in [2.24, 2.45) is 0 Å². The first-order valence-corrected chi connectivity index (χ1v) is 5.40. The third-order valence-electron chi connectivity index (χ3n) is 2.54. The number of rotatable bonds is 3. The lowest BCUT2D eigenvalue weighted by Crippen LogP contribution is -2.03. The molecule has 0 fully saturated rings. The van der Waals surface area contributed by atoms with Gasteiger partial charge in [-0.15, -0.1) is 0 Å². The van der Waals surface area contributed by atoms with Crippen molar-refractivity contribution >= 4 is 0 Å². The van der Waals surface area contributed by atoms with Gasteiger partial charge in [0.1, 0.15) is 0 Å². The fourth-order valence-corrected chi connectivity index (χ4v) is 1.74. The summed E-state index contributed by atoms with van der Waals surface area (Å²) < 4.78 is 0. The van der Waals surface area contributed by atoms with E-state index in [0.717, 1.165) is 11.3 Å². The maximum atomic E-state index is 10.0. The molecule has 0 aliphatic carbocycles. The maximum absolute atomic E-state index is 10.0. The maximum Gasteiger partial charge on any atom is 0.0999 e. The summed E-state index contributed by atoms with van der Waals surface area (Å²) in [6.07, 6.45) is 1.79. The number of aliphatic hydroxyl groups is 1. The summed E-state index contributed by atoms with van der Waals surface area (Å²) in [7, 11) is 0. The first kappa shape index (κ1) is 10.8. The molecule has 0 aliphatic rings. The monoisotopic (exact) mass is 213 g/mol. The zero-order chi connectivity index (χ0) is 11.4. The molecule has 1 unspecified atom stereocenters. The molecule has 82 valence electrons. The Kier molecular flexibility index (Phi) is 3.32. The molecule has 16 heavy (non-hydrogen) atoms. The minimum atomic E-state index is -0.525. The number of hydrogen-bond donors (Lipinski definition) is 1. The van der Waals surface area contributed by atoms with E-state index in [-0.39, 0.29) is 0 Å². The average Bonchev–Trinajstić information content (AvgIpc) is 2.30. The van der Waals surface area contributed by atoms with Crippen LogP contribution in [0.3, 0.4) is 0 Å². The van der Waals surface area contributed by atoms with E-state index in [1.165, 1.54) is 5.56 Å². The minimum absolute atomic E-state index is 0.525. The lowest BCUT2D eigenvalue weighted by atomic mass is 10.0. The molecule has 0 aliphatic heterocycles. The van der Waals surface area contributed by atoms with Crippen LogP contribution in [-0.4, -0.2) is 10.1 Å². The summed E-state index contributed by atoms with van der Waals surface area (Å²) >= 11 is 0. The Morgan fingerprint density at radius 1 is 1.19 bits per heavy atom. The van der Waals surface area contributed by atoms with Crippen molar-refractivity contribution in [2.75, 3.05) is 0 Å². The molecule has 0 saturated carbocycles. The molecule has 2 aromatic rings. The van der Waals surface area contributed by atoms with Crippen molar-refractivity contribution in [3.63, 3.8) is 0 Å². The van der Waals surface area contributed by atoms with Crippen molar-refractivity contribution in [1.29, 1.82) is 0 Å². The molecular weight excluding hydrogens is 198 g/mol. The largest absolute Gasteiger partial charge is 0.386 e. The standard InChI is InChI=1S/C14H15NO/c1-11-5-4-6-12(9-11)10-14(16)13-7-2-3-8-15-13/h2-9,14,16H,10H2,1H3. The van der Waals surface area contributed by atoms with Crippen LogP contribution in [0.1, 0.15) is 22.9 Å². The Morgan fingerprint density at radius 3 is 2.75 bits per heavy atom. The Balaban J connectivity index is 2.11. The zero-order valence-electron chi connectivity index (χ0n) is 9.30. The first-order valence-electron chi connectivity index (χ1n) is 5.40. The molecule has 1 atom stereocenters. The highest BCUT2D eigenvalue weighted by molar-refractivity contribution is 5.23. The fourth-order valence-electron chi connectivity index (χ4n) is 1.74. The molecule has 0 amide bonds. The van der Waals surface area contributed by atoms with Crippen molar-refractivity contribution < 1.29 is 5.11 Å². The van der Waals surface area contributed by atoms with E-state index in [1.54, 1.807) is 6.20 Å². The summed E-state index contributed by atoms with van der Waals surface area (Å²) in [5.41, 5.74) is 3.08. The van der Waals surface area contributed by atoms with E-state index in [4.69, 9.17) is 0 Å². The highest BCUT2D eigenvalue weighted by atomic mass is 16.3. The number of pyridine rings is 1. The highest BCUT2D eigenvalue weighted by Gasteiger charge is 2.08. The van der Waals surface area contributed by atoms with Crippen LogP contribution >= 0.6 is 0 Å². The Labute approximate surface area is 95.6 Å². The lowest BCUT2D eigenvalue weighted by Gasteiger charge is -2.10. The molecule has 0 bridgehead atoms. The Morgan fingerprint density at radius 2 is 2.06 bits per heavy atom. The second-order valence-corrected chi connectivity index (χ2v) is 3.96. The number of hydrogen-bond acceptors (Lipinski definition) is 2. The predicted molar refractivity (Wildman–Crippen MR) is 64.1 cm³/mol. The fraction of sp³-hybridized carbons (Fsp3) is 0.214. The molecule has 0 saturated heterocycles. The van der Waals surface area contributed by atoms with Gasteiger partial charge >= 0.3 is 0 Å². The Hall–Kier alpha value is -1.67. The Bertz CT molecular complexity index is 453. The van der Waals surface area contributed by atoms with Gasteiger partial charge in [-0.2, -0.15) is 0 Å². The summed E-state index contributed by atoms with van der Waals surface area (Å²) in [5.74, 6) is 0. The molecule has 2 rings (SSSR count). The van der Waals surface area contributed by atoms with Gasteiger partial charge in [-0.05, 0) is 24.6 Å². The van der Waals surface area contributed by atoms with Gasteiger partial charge in [0, 0.05) is 12.6 Å². The van der Waals surface area contributed by atoms with Crippen molar-refractivity contribution in [1.82, 2.24) is 4.98 Å². The molecule has 2 nitrogen and oxygen atoms in total. The van der Waals surface area contributed by atoms with Crippen LogP contribution in [-0.2, 0) is 6.42 Å². The average molecular weight is 213 g/mol. The molecule has 1 heterocycles. The third-order valence-corrected chi connectivity index (χ3v) is 2.54. The van der Waals surface area contributed by atoms with Crippen LogP contribution < -0.4 is 0 Å². The molecule has 0 spiro atoms. The summed E-state index contributed by atoms with van der Waals surface area (Å²) in [6, 6.07) is 13.8. The quantitative estimate of drug-likeness (QED) is 0.850. The van der Waals surface area contributed by atoms with E-state index in [9.17, 15) is 5.11 Å². The van der Waals surface area contributed by atoms with Crippen LogP contribution in [0.4, 0.5) is 0 Å². The normalized spacial score (nSPS) is 12.4. The van der Waals surface area contributed by atoms with Gasteiger partial charge in [-0.3, -0.25) is 4.98 Å². The van der Waals surface area contributed by atoms with E-state index < -0.39 is 6.10 Å². The highest BCUT2D eigenvalue weighted by Crippen LogP contribution is 2.16. The van der Waals surface area contributed by atoms with Crippen molar-refractivity contribution in [3.8, 4) is 0 Å². The van der Waals surface area contributed by atoms with Gasteiger partial charge in [0.2, 0.25) is 0 Å². The number of aromatic nitrogens is 1.